The zero-order valence-corrected chi connectivity index (χ0v) is 19.7. The van der Waals surface area contributed by atoms with Crippen LogP contribution in [-0.2, 0) is 29.6 Å². The Kier molecular flexibility index (Phi) is 8.83. The van der Waals surface area contributed by atoms with Crippen LogP contribution in [0.2, 0.25) is 0 Å². The number of halogens is 3. The fraction of sp³-hybridized carbons (Fsp3) is 0.385. The van der Waals surface area contributed by atoms with Gasteiger partial charge >= 0.3 is 12.1 Å². The molecule has 0 aliphatic rings. The minimum Gasteiger partial charge on any atom is -0.481 e. The molecule has 1 aromatic carbocycles. The standard InChI is InChI=1S/C26H26F3N3O4/c1-30-19-14-20-24(22(33)12-18(13-23(34)35)26(27,28)29)21(32(2)25(20)31-15-19)10-6-7-11-36-16-17-8-4-3-5-9-17/h3-5,8-9,14-15,18H,6-7,10-13,16H2,2H3,(H,34,35). The van der Waals surface area contributed by atoms with Crippen molar-refractivity contribution in [2.24, 2.45) is 13.0 Å². The third-order valence-electron chi connectivity index (χ3n) is 5.92. The van der Waals surface area contributed by atoms with Gasteiger partial charge in [0.25, 0.3) is 0 Å². The number of hydrogen-bond donors (Lipinski definition) is 1. The molecular formula is C26H26F3N3O4. The Morgan fingerprint density at radius 3 is 2.56 bits per heavy atom. The molecule has 10 heteroatoms. The molecule has 2 heterocycles. The zero-order valence-electron chi connectivity index (χ0n) is 19.7. The molecule has 3 aromatic rings. The van der Waals surface area contributed by atoms with Crippen LogP contribution in [0.1, 0.15) is 47.3 Å². The molecule has 0 aliphatic heterocycles. The zero-order chi connectivity index (χ0) is 26.3. The highest BCUT2D eigenvalue weighted by Crippen LogP contribution is 2.35. The van der Waals surface area contributed by atoms with Gasteiger partial charge in [0.1, 0.15) is 5.65 Å². The number of aromatic nitrogens is 2. The van der Waals surface area contributed by atoms with E-state index in [0.29, 0.717) is 49.2 Å². The molecule has 0 saturated carbocycles. The number of nitrogens with zero attached hydrogens (tertiary/aromatic N) is 3. The highest BCUT2D eigenvalue weighted by molar-refractivity contribution is 6.09. The first kappa shape index (κ1) is 26.9. The lowest BCUT2D eigenvalue weighted by atomic mass is 9.93. The van der Waals surface area contributed by atoms with Crippen molar-refractivity contribution in [3.05, 3.63) is 70.8 Å². The van der Waals surface area contributed by atoms with Gasteiger partial charge in [-0.2, -0.15) is 13.2 Å². The van der Waals surface area contributed by atoms with Gasteiger partial charge in [-0.1, -0.05) is 30.3 Å². The van der Waals surface area contributed by atoms with E-state index in [2.05, 4.69) is 9.83 Å². The molecule has 3 rings (SSSR count). The van der Waals surface area contributed by atoms with Gasteiger partial charge in [0.2, 0.25) is 5.69 Å². The van der Waals surface area contributed by atoms with Crippen molar-refractivity contribution in [3.63, 3.8) is 0 Å². The second-order valence-corrected chi connectivity index (χ2v) is 8.52. The number of hydrogen-bond acceptors (Lipinski definition) is 4. The molecule has 0 amide bonds. The summed E-state index contributed by atoms with van der Waals surface area (Å²) in [7, 11) is 1.67. The number of ketones is 1. The molecule has 0 aliphatic carbocycles. The molecule has 0 fully saturated rings. The summed E-state index contributed by atoms with van der Waals surface area (Å²) < 4.78 is 47.7. The molecule has 1 atom stereocenters. The first-order chi connectivity index (χ1) is 17.1. The van der Waals surface area contributed by atoms with Gasteiger partial charge in [-0.05, 0) is 30.9 Å². The van der Waals surface area contributed by atoms with E-state index in [-0.39, 0.29) is 11.3 Å². The lowest BCUT2D eigenvalue weighted by molar-refractivity contribution is -0.182. The number of carbonyl (C=O) groups excluding carboxylic acids is 1. The summed E-state index contributed by atoms with van der Waals surface area (Å²) in [6.45, 7) is 8.16. The fourth-order valence-corrected chi connectivity index (χ4v) is 4.11. The van der Waals surface area contributed by atoms with E-state index >= 15 is 0 Å². The molecule has 36 heavy (non-hydrogen) atoms. The number of aliphatic carboxylic acids is 1. The normalized spacial score (nSPS) is 12.4. The van der Waals surface area contributed by atoms with Gasteiger partial charge in [0.05, 0.1) is 25.5 Å². The van der Waals surface area contributed by atoms with E-state index in [1.807, 2.05) is 30.3 Å². The third kappa shape index (κ3) is 6.70. The Morgan fingerprint density at radius 2 is 1.92 bits per heavy atom. The number of alkyl halides is 3. The van der Waals surface area contributed by atoms with Crippen molar-refractivity contribution >= 4 is 28.5 Å². The number of carboxylic acids is 1. The average molecular weight is 502 g/mol. The minimum atomic E-state index is -4.84. The second kappa shape index (κ2) is 11.8. The van der Waals surface area contributed by atoms with Crippen LogP contribution in [0.5, 0.6) is 0 Å². The maximum atomic E-state index is 13.5. The van der Waals surface area contributed by atoms with Crippen LogP contribution >= 0.6 is 0 Å². The number of fused-ring (bicyclic) bond motifs is 1. The molecule has 2 aromatic heterocycles. The van der Waals surface area contributed by atoms with Gasteiger partial charge in [0, 0.05) is 42.9 Å². The summed E-state index contributed by atoms with van der Waals surface area (Å²) >= 11 is 0. The highest BCUT2D eigenvalue weighted by atomic mass is 19.4. The van der Waals surface area contributed by atoms with Gasteiger partial charge < -0.3 is 14.4 Å². The van der Waals surface area contributed by atoms with Crippen molar-refractivity contribution in [3.8, 4) is 0 Å². The number of Topliss-reactive ketones (excluding diaryl/α,β-unsaturated/α-hetero) is 1. The molecule has 1 unspecified atom stereocenters. The molecule has 7 nitrogen and oxygen atoms in total. The van der Waals surface area contributed by atoms with Gasteiger partial charge in [-0.15, -0.1) is 0 Å². The van der Waals surface area contributed by atoms with E-state index in [1.165, 1.54) is 12.3 Å². The first-order valence-corrected chi connectivity index (χ1v) is 11.4. The third-order valence-corrected chi connectivity index (χ3v) is 5.92. The first-order valence-electron chi connectivity index (χ1n) is 11.4. The number of benzene rings is 1. The largest absolute Gasteiger partial charge is 0.481 e. The van der Waals surface area contributed by atoms with Crippen LogP contribution in [0.4, 0.5) is 18.9 Å². The van der Waals surface area contributed by atoms with Crippen molar-refractivity contribution in [2.75, 3.05) is 6.61 Å². The minimum absolute atomic E-state index is 0.0651. The van der Waals surface area contributed by atoms with E-state index in [1.54, 1.807) is 11.6 Å². The van der Waals surface area contributed by atoms with Crippen LogP contribution < -0.4 is 0 Å². The van der Waals surface area contributed by atoms with Crippen LogP contribution in [0.15, 0.2) is 42.6 Å². The summed E-state index contributed by atoms with van der Waals surface area (Å²) in [4.78, 5) is 31.7. The number of pyridine rings is 1. The summed E-state index contributed by atoms with van der Waals surface area (Å²) in [6.07, 6.45) is -4.04. The molecule has 0 bridgehead atoms. The maximum absolute atomic E-state index is 13.5. The Hall–Kier alpha value is -3.71. The molecule has 1 N–H and O–H groups in total. The Balaban J connectivity index is 1.80. The predicted octanol–water partition coefficient (Wildman–Crippen LogP) is 5.89. The monoisotopic (exact) mass is 501 g/mol. The fourth-order valence-electron chi connectivity index (χ4n) is 4.11. The highest BCUT2D eigenvalue weighted by Gasteiger charge is 2.42. The van der Waals surface area contributed by atoms with Gasteiger partial charge in [-0.3, -0.25) is 9.59 Å². The lowest BCUT2D eigenvalue weighted by Gasteiger charge is -2.18. The van der Waals surface area contributed by atoms with Crippen molar-refractivity contribution in [1.29, 1.82) is 0 Å². The Bertz CT molecular complexity index is 1260. The number of aryl methyl sites for hydroxylation is 1. The SMILES string of the molecule is [C-]#[N+]c1cnc2c(c1)c(C(=O)CC(CC(=O)O)C(F)(F)F)c(CCCCOCc1ccccc1)n2C. The molecule has 0 saturated heterocycles. The summed E-state index contributed by atoms with van der Waals surface area (Å²) in [5, 5.41) is 9.21. The maximum Gasteiger partial charge on any atom is 0.392 e. The predicted molar refractivity (Wildman–Crippen MR) is 127 cm³/mol. The molecular weight excluding hydrogens is 475 g/mol. The van der Waals surface area contributed by atoms with Gasteiger partial charge in [0.15, 0.2) is 5.78 Å². The van der Waals surface area contributed by atoms with Gasteiger partial charge in [-0.25, -0.2) is 9.83 Å². The number of unbranched alkanes of at least 4 members (excludes halogenated alkanes) is 1. The van der Waals surface area contributed by atoms with E-state index < -0.39 is 36.7 Å². The topological polar surface area (TPSA) is 85.8 Å². The van der Waals surface area contributed by atoms with Crippen molar-refractivity contribution in [1.82, 2.24) is 9.55 Å². The van der Waals surface area contributed by atoms with Crippen LogP contribution in [0, 0.1) is 12.5 Å². The molecule has 0 spiro atoms. The second-order valence-electron chi connectivity index (χ2n) is 8.52. The number of rotatable bonds is 12. The molecule has 0 radical (unpaired) electrons. The summed E-state index contributed by atoms with van der Waals surface area (Å²) in [5.74, 6) is -4.76. The Morgan fingerprint density at radius 1 is 1.19 bits per heavy atom. The van der Waals surface area contributed by atoms with Crippen LogP contribution in [0.3, 0.4) is 0 Å². The number of carboxylic acid groups (broad SMARTS) is 1. The van der Waals surface area contributed by atoms with Crippen molar-refractivity contribution in [2.45, 2.75) is 44.9 Å². The van der Waals surface area contributed by atoms with E-state index in [9.17, 15) is 22.8 Å². The molecule has 190 valence electrons. The average Bonchev–Trinajstić information content (AvgIpc) is 3.11. The number of carbonyl (C=O) groups is 2. The lowest BCUT2D eigenvalue weighted by Crippen LogP contribution is -2.28. The smallest absolute Gasteiger partial charge is 0.392 e. The Labute approximate surface area is 206 Å². The number of ether oxygens (including phenoxy) is 1. The van der Waals surface area contributed by atoms with E-state index in [4.69, 9.17) is 16.4 Å². The van der Waals surface area contributed by atoms with Crippen LogP contribution in [-0.4, -0.2) is 39.2 Å². The quantitative estimate of drug-likeness (QED) is 0.190. The summed E-state index contributed by atoms with van der Waals surface area (Å²) in [6, 6.07) is 11.1. The van der Waals surface area contributed by atoms with E-state index in [0.717, 1.165) is 5.56 Å². The van der Waals surface area contributed by atoms with Crippen LogP contribution in [0.25, 0.3) is 15.9 Å². The van der Waals surface area contributed by atoms with Crippen molar-refractivity contribution < 1.29 is 32.6 Å². The summed E-state index contributed by atoms with van der Waals surface area (Å²) in [5.41, 5.74) is 2.14.